The standard InChI is InChI=1S/C24H25FN8O/c1-24(19(34)12-15-7-9-26-20(25)13-15)8-3-10-32(24)23-28-22(18-4-2-11-33(18)31-23)27-21-14-17(29-30-21)16-5-6-16/h2,4,7,9,11,13-14,16H,3,5-6,8,10,12H2,1H3,(H2,27,28,29,30,31)/t24-/m0/s1. The number of aromatic amines is 1. The van der Waals surface area contributed by atoms with Crippen LogP contribution >= 0.6 is 0 Å². The van der Waals surface area contributed by atoms with Crippen LogP contribution < -0.4 is 10.2 Å². The highest BCUT2D eigenvalue weighted by Crippen LogP contribution is 2.40. The van der Waals surface area contributed by atoms with E-state index in [4.69, 9.17) is 10.1 Å². The second kappa shape index (κ2) is 7.89. The van der Waals surface area contributed by atoms with Crippen LogP contribution in [0, 0.1) is 5.95 Å². The first-order chi connectivity index (χ1) is 16.5. The molecule has 4 aromatic heterocycles. The molecule has 1 saturated heterocycles. The lowest BCUT2D eigenvalue weighted by molar-refractivity contribution is -0.122. The molecule has 5 heterocycles. The number of aromatic nitrogens is 6. The summed E-state index contributed by atoms with van der Waals surface area (Å²) in [5, 5.41) is 15.5. The molecule has 9 nitrogen and oxygen atoms in total. The zero-order valence-corrected chi connectivity index (χ0v) is 18.8. The number of nitrogens with one attached hydrogen (secondary N) is 2. The van der Waals surface area contributed by atoms with Gasteiger partial charge in [-0.05, 0) is 62.4 Å². The highest BCUT2D eigenvalue weighted by molar-refractivity contribution is 5.93. The van der Waals surface area contributed by atoms with E-state index < -0.39 is 11.5 Å². The minimum atomic E-state index is -0.788. The molecule has 0 unspecified atom stereocenters. The van der Waals surface area contributed by atoms with Crippen LogP contribution in [-0.2, 0) is 11.2 Å². The average Bonchev–Trinajstić information content (AvgIpc) is 3.19. The van der Waals surface area contributed by atoms with Gasteiger partial charge in [-0.25, -0.2) is 9.50 Å². The summed E-state index contributed by atoms with van der Waals surface area (Å²) in [6.45, 7) is 2.58. The molecule has 4 aromatic rings. The molecular formula is C24H25FN8O. The Morgan fingerprint density at radius 1 is 1.32 bits per heavy atom. The number of H-pyrrole nitrogens is 1. The van der Waals surface area contributed by atoms with Crippen LogP contribution in [0.15, 0.2) is 42.7 Å². The molecule has 1 aliphatic heterocycles. The van der Waals surface area contributed by atoms with Crippen molar-refractivity contribution in [2.24, 2.45) is 0 Å². The van der Waals surface area contributed by atoms with Crippen molar-refractivity contribution in [2.45, 2.75) is 50.5 Å². The van der Waals surface area contributed by atoms with Gasteiger partial charge in [0.15, 0.2) is 17.4 Å². The predicted molar refractivity (Wildman–Crippen MR) is 125 cm³/mol. The normalized spacial score (nSPS) is 20.2. The molecule has 0 amide bonds. The van der Waals surface area contributed by atoms with E-state index in [0.717, 1.165) is 17.6 Å². The minimum Gasteiger partial charge on any atom is -0.327 e. The largest absolute Gasteiger partial charge is 0.327 e. The van der Waals surface area contributed by atoms with E-state index in [1.807, 2.05) is 36.2 Å². The molecule has 174 valence electrons. The summed E-state index contributed by atoms with van der Waals surface area (Å²) >= 11 is 0. The third-order valence-electron chi connectivity index (χ3n) is 6.88. The van der Waals surface area contributed by atoms with E-state index in [-0.39, 0.29) is 12.2 Å². The van der Waals surface area contributed by atoms with Crippen molar-refractivity contribution in [1.29, 1.82) is 0 Å². The van der Waals surface area contributed by atoms with Crippen molar-refractivity contribution < 1.29 is 9.18 Å². The number of Topliss-reactive ketones (excluding diaryl/α,β-unsaturated/α-hetero) is 1. The summed E-state index contributed by atoms with van der Waals surface area (Å²) in [7, 11) is 0. The first-order valence-electron chi connectivity index (χ1n) is 11.6. The fraction of sp³-hybridized carbons (Fsp3) is 0.375. The second-order valence-corrected chi connectivity index (χ2v) is 9.32. The molecule has 2 aliphatic rings. The molecule has 2 N–H and O–H groups in total. The van der Waals surface area contributed by atoms with Crippen LogP contribution in [0.4, 0.5) is 22.0 Å². The predicted octanol–water partition coefficient (Wildman–Crippen LogP) is 3.78. The maximum absolute atomic E-state index is 13.6. The van der Waals surface area contributed by atoms with Crippen LogP contribution in [0.5, 0.6) is 0 Å². The lowest BCUT2D eigenvalue weighted by Gasteiger charge is -2.34. The van der Waals surface area contributed by atoms with Gasteiger partial charge in [-0.1, -0.05) is 0 Å². The fourth-order valence-electron chi connectivity index (χ4n) is 4.76. The number of carbonyl (C=O) groups excluding carboxylic acids is 1. The molecule has 0 radical (unpaired) electrons. The lowest BCUT2D eigenvalue weighted by atomic mass is 9.89. The van der Waals surface area contributed by atoms with Gasteiger partial charge in [-0.2, -0.15) is 14.5 Å². The second-order valence-electron chi connectivity index (χ2n) is 9.32. The maximum atomic E-state index is 13.6. The Labute approximate surface area is 195 Å². The molecule has 10 heteroatoms. The van der Waals surface area contributed by atoms with Crippen molar-refractivity contribution >= 4 is 28.9 Å². The van der Waals surface area contributed by atoms with Gasteiger partial charge in [0.05, 0.1) is 5.54 Å². The molecule has 0 aromatic carbocycles. The van der Waals surface area contributed by atoms with Gasteiger partial charge in [0.1, 0.15) is 5.52 Å². The molecule has 1 atom stereocenters. The molecule has 1 aliphatic carbocycles. The summed E-state index contributed by atoms with van der Waals surface area (Å²) < 4.78 is 15.3. The van der Waals surface area contributed by atoms with Crippen molar-refractivity contribution in [3.05, 3.63) is 59.9 Å². The third kappa shape index (κ3) is 3.68. The number of hydrogen-bond donors (Lipinski definition) is 2. The Morgan fingerprint density at radius 2 is 2.21 bits per heavy atom. The first-order valence-corrected chi connectivity index (χ1v) is 11.6. The van der Waals surface area contributed by atoms with Gasteiger partial charge in [0.25, 0.3) is 0 Å². The SMILES string of the molecule is C[C@@]1(C(=O)Cc2ccnc(F)c2)CCCN1c1nc(Nc2cc(C3CC3)[nH]n2)c2cccn2n1. The van der Waals surface area contributed by atoms with Crippen molar-refractivity contribution in [2.75, 3.05) is 16.8 Å². The average molecular weight is 461 g/mol. The summed E-state index contributed by atoms with van der Waals surface area (Å²) in [6.07, 6.45) is 7.27. The molecule has 34 heavy (non-hydrogen) atoms. The molecular weight excluding hydrogens is 435 g/mol. The third-order valence-corrected chi connectivity index (χ3v) is 6.88. The Balaban J connectivity index is 1.31. The van der Waals surface area contributed by atoms with E-state index in [1.54, 1.807) is 10.6 Å². The summed E-state index contributed by atoms with van der Waals surface area (Å²) in [4.78, 5) is 23.8. The number of nitrogens with zero attached hydrogens (tertiary/aromatic N) is 6. The van der Waals surface area contributed by atoms with Crippen molar-refractivity contribution in [3.63, 3.8) is 0 Å². The maximum Gasteiger partial charge on any atom is 0.246 e. The number of fused-ring (bicyclic) bond motifs is 1. The van der Waals surface area contributed by atoms with Crippen LogP contribution in [0.25, 0.3) is 5.52 Å². The van der Waals surface area contributed by atoms with Crippen molar-refractivity contribution in [1.82, 2.24) is 29.8 Å². The first kappa shape index (κ1) is 20.8. The zero-order chi connectivity index (χ0) is 23.3. The Bertz CT molecular complexity index is 1380. The molecule has 2 fully saturated rings. The van der Waals surface area contributed by atoms with Gasteiger partial charge >= 0.3 is 0 Å². The van der Waals surface area contributed by atoms with E-state index >= 15 is 0 Å². The summed E-state index contributed by atoms with van der Waals surface area (Å²) in [6, 6.07) is 8.85. The zero-order valence-electron chi connectivity index (χ0n) is 18.8. The van der Waals surface area contributed by atoms with Crippen LogP contribution in [0.2, 0.25) is 0 Å². The van der Waals surface area contributed by atoms with Crippen molar-refractivity contribution in [3.8, 4) is 0 Å². The molecule has 0 bridgehead atoms. The number of pyridine rings is 1. The number of rotatable bonds is 7. The molecule has 0 spiro atoms. The van der Waals surface area contributed by atoms with Crippen LogP contribution in [-0.4, -0.2) is 47.6 Å². The number of ketones is 1. The number of halogens is 1. The Hall–Kier alpha value is -3.82. The smallest absolute Gasteiger partial charge is 0.246 e. The van der Waals surface area contributed by atoms with Gasteiger partial charge in [-0.15, -0.1) is 5.10 Å². The van der Waals surface area contributed by atoms with Gasteiger partial charge in [0, 0.05) is 43.0 Å². The highest BCUT2D eigenvalue weighted by Gasteiger charge is 2.44. The summed E-state index contributed by atoms with van der Waals surface area (Å²) in [5.41, 5.74) is 1.77. The number of anilines is 3. The lowest BCUT2D eigenvalue weighted by Crippen LogP contribution is -2.49. The van der Waals surface area contributed by atoms with Gasteiger partial charge in [-0.3, -0.25) is 9.89 Å². The van der Waals surface area contributed by atoms with E-state index in [2.05, 4.69) is 20.5 Å². The van der Waals surface area contributed by atoms with Crippen LogP contribution in [0.3, 0.4) is 0 Å². The minimum absolute atomic E-state index is 0.00249. The van der Waals surface area contributed by atoms with E-state index in [9.17, 15) is 9.18 Å². The fourth-order valence-corrected chi connectivity index (χ4v) is 4.76. The topological polar surface area (TPSA) is 104 Å². The van der Waals surface area contributed by atoms with Crippen LogP contribution in [0.1, 0.15) is 49.8 Å². The van der Waals surface area contributed by atoms with Gasteiger partial charge < -0.3 is 10.2 Å². The number of hydrogen-bond acceptors (Lipinski definition) is 7. The quantitative estimate of drug-likeness (QED) is 0.405. The van der Waals surface area contributed by atoms with E-state index in [0.29, 0.717) is 42.0 Å². The monoisotopic (exact) mass is 460 g/mol. The molecule has 1 saturated carbocycles. The highest BCUT2D eigenvalue weighted by atomic mass is 19.1. The molecule has 6 rings (SSSR count). The van der Waals surface area contributed by atoms with E-state index in [1.165, 1.54) is 25.1 Å². The Kier molecular flexibility index (Phi) is 4.82. The summed E-state index contributed by atoms with van der Waals surface area (Å²) in [5.74, 6) is 1.79. The Morgan fingerprint density at radius 3 is 3.03 bits per heavy atom. The number of carbonyl (C=O) groups is 1. The van der Waals surface area contributed by atoms with Gasteiger partial charge in [0.2, 0.25) is 11.9 Å².